The van der Waals surface area contributed by atoms with Gasteiger partial charge in [0.15, 0.2) is 11.5 Å². The lowest BCUT2D eigenvalue weighted by molar-refractivity contribution is 0.207. The highest BCUT2D eigenvalue weighted by Gasteiger charge is 2.30. The van der Waals surface area contributed by atoms with E-state index in [9.17, 15) is 4.79 Å². The van der Waals surface area contributed by atoms with E-state index < -0.39 is 0 Å². The third-order valence-electron chi connectivity index (χ3n) is 4.89. The molecule has 144 valence electrons. The van der Waals surface area contributed by atoms with Crippen LogP contribution in [0.2, 0.25) is 0 Å². The summed E-state index contributed by atoms with van der Waals surface area (Å²) in [5.74, 6) is 1.50. The second-order valence-corrected chi connectivity index (χ2v) is 6.61. The molecule has 1 atom stereocenters. The van der Waals surface area contributed by atoms with Crippen molar-refractivity contribution in [2.75, 3.05) is 33.2 Å². The van der Waals surface area contributed by atoms with Crippen LogP contribution in [0.5, 0.6) is 17.2 Å². The van der Waals surface area contributed by atoms with Gasteiger partial charge in [-0.15, -0.1) is 0 Å². The van der Waals surface area contributed by atoms with E-state index in [1.165, 1.54) is 5.56 Å². The van der Waals surface area contributed by atoms with Gasteiger partial charge in [0.2, 0.25) is 5.75 Å². The van der Waals surface area contributed by atoms with E-state index in [0.717, 1.165) is 24.9 Å². The fourth-order valence-corrected chi connectivity index (χ4v) is 3.49. The Morgan fingerprint density at radius 1 is 1.04 bits per heavy atom. The van der Waals surface area contributed by atoms with Gasteiger partial charge in [-0.2, -0.15) is 0 Å². The number of hydrogen-bond acceptors (Lipinski definition) is 4. The molecule has 0 radical (unpaired) electrons. The quantitative estimate of drug-likeness (QED) is 0.848. The molecule has 1 saturated heterocycles. The van der Waals surface area contributed by atoms with Crippen LogP contribution in [-0.2, 0) is 0 Å². The Hall–Kier alpha value is -2.89. The molecule has 3 rings (SSSR count). The molecule has 0 aromatic heterocycles. The van der Waals surface area contributed by atoms with Crippen LogP contribution in [0.1, 0.15) is 30.0 Å². The highest BCUT2D eigenvalue weighted by atomic mass is 16.5. The number of anilines is 1. The van der Waals surface area contributed by atoms with Gasteiger partial charge in [0.1, 0.15) is 0 Å². The number of nitrogens with zero attached hydrogens (tertiary/aromatic N) is 1. The summed E-state index contributed by atoms with van der Waals surface area (Å²) in [7, 11) is 4.66. The number of likely N-dealkylation sites (tertiary alicyclic amines) is 1. The van der Waals surface area contributed by atoms with Crippen LogP contribution in [-0.4, -0.2) is 38.8 Å². The van der Waals surface area contributed by atoms with Crippen LogP contribution in [0.3, 0.4) is 0 Å². The Balaban J connectivity index is 1.81. The fraction of sp³-hybridized carbons (Fsp3) is 0.381. The smallest absolute Gasteiger partial charge is 0.322 e. The molecule has 0 aliphatic carbocycles. The van der Waals surface area contributed by atoms with Crippen LogP contribution in [0.25, 0.3) is 0 Å². The topological polar surface area (TPSA) is 60.0 Å². The second kappa shape index (κ2) is 8.20. The molecular weight excluding hydrogens is 344 g/mol. The van der Waals surface area contributed by atoms with E-state index in [1.807, 2.05) is 4.90 Å². The van der Waals surface area contributed by atoms with Crippen LogP contribution >= 0.6 is 0 Å². The van der Waals surface area contributed by atoms with Gasteiger partial charge in [0.25, 0.3) is 0 Å². The van der Waals surface area contributed by atoms with Crippen molar-refractivity contribution in [3.8, 4) is 17.2 Å². The predicted molar refractivity (Wildman–Crippen MR) is 105 cm³/mol. The number of hydrogen-bond donors (Lipinski definition) is 1. The number of ether oxygens (including phenoxy) is 3. The minimum Gasteiger partial charge on any atom is -0.493 e. The first-order valence-corrected chi connectivity index (χ1v) is 9.01. The van der Waals surface area contributed by atoms with Crippen molar-refractivity contribution < 1.29 is 19.0 Å². The molecule has 1 aliphatic rings. The van der Waals surface area contributed by atoms with Crippen LogP contribution in [0, 0.1) is 6.92 Å². The van der Waals surface area contributed by atoms with Crippen molar-refractivity contribution in [3.05, 3.63) is 47.5 Å². The van der Waals surface area contributed by atoms with Crippen molar-refractivity contribution in [2.45, 2.75) is 25.8 Å². The molecule has 2 aromatic carbocycles. The standard InChI is InChI=1S/C21H26N2O4/c1-14-7-9-15(10-8-14)17-6-5-11-23(17)21(24)22-16-12-18(25-2)20(27-4)19(13-16)26-3/h7-10,12-13,17H,5-6,11H2,1-4H3,(H,22,24). The van der Waals surface area contributed by atoms with Crippen LogP contribution in [0.15, 0.2) is 36.4 Å². The average Bonchev–Trinajstić information content (AvgIpc) is 3.17. The second-order valence-electron chi connectivity index (χ2n) is 6.61. The number of rotatable bonds is 5. The zero-order valence-corrected chi connectivity index (χ0v) is 16.2. The van der Waals surface area contributed by atoms with Crippen molar-refractivity contribution in [2.24, 2.45) is 0 Å². The Bertz CT molecular complexity index is 779. The number of urea groups is 1. The van der Waals surface area contributed by atoms with Crippen LogP contribution < -0.4 is 19.5 Å². The maximum absolute atomic E-state index is 12.9. The number of carbonyl (C=O) groups is 1. The largest absolute Gasteiger partial charge is 0.493 e. The third-order valence-corrected chi connectivity index (χ3v) is 4.89. The van der Waals surface area contributed by atoms with Crippen molar-refractivity contribution in [1.29, 1.82) is 0 Å². The van der Waals surface area contributed by atoms with Gasteiger partial charge in [-0.25, -0.2) is 4.79 Å². The molecule has 1 heterocycles. The molecule has 0 bridgehead atoms. The van der Waals surface area contributed by atoms with Crippen molar-refractivity contribution in [3.63, 3.8) is 0 Å². The van der Waals surface area contributed by atoms with Crippen LogP contribution in [0.4, 0.5) is 10.5 Å². The van der Waals surface area contributed by atoms with E-state index in [-0.39, 0.29) is 12.1 Å². The first-order valence-electron chi connectivity index (χ1n) is 9.01. The van der Waals surface area contributed by atoms with Gasteiger partial charge >= 0.3 is 6.03 Å². The summed E-state index contributed by atoms with van der Waals surface area (Å²) in [6.07, 6.45) is 1.95. The maximum Gasteiger partial charge on any atom is 0.322 e. The molecule has 1 aliphatic heterocycles. The normalized spacial score (nSPS) is 16.1. The lowest BCUT2D eigenvalue weighted by Gasteiger charge is -2.26. The number of amides is 2. The summed E-state index contributed by atoms with van der Waals surface area (Å²) in [5, 5.41) is 2.97. The van der Waals surface area contributed by atoms with Gasteiger partial charge in [0.05, 0.1) is 33.1 Å². The Kier molecular flexibility index (Phi) is 5.74. The van der Waals surface area contributed by atoms with E-state index >= 15 is 0 Å². The molecule has 27 heavy (non-hydrogen) atoms. The maximum atomic E-state index is 12.9. The highest BCUT2D eigenvalue weighted by Crippen LogP contribution is 2.40. The number of methoxy groups -OCH3 is 3. The molecule has 6 heteroatoms. The molecule has 6 nitrogen and oxygen atoms in total. The zero-order chi connectivity index (χ0) is 19.4. The summed E-state index contributed by atoms with van der Waals surface area (Å²) in [4.78, 5) is 14.8. The Morgan fingerprint density at radius 2 is 1.67 bits per heavy atom. The molecule has 1 N–H and O–H groups in total. The van der Waals surface area contributed by atoms with E-state index in [0.29, 0.717) is 22.9 Å². The van der Waals surface area contributed by atoms with Gasteiger partial charge in [-0.05, 0) is 25.3 Å². The number of nitrogens with one attached hydrogen (secondary N) is 1. The van der Waals surface area contributed by atoms with E-state index in [4.69, 9.17) is 14.2 Å². The summed E-state index contributed by atoms with van der Waals surface area (Å²) >= 11 is 0. The molecule has 1 unspecified atom stereocenters. The Morgan fingerprint density at radius 3 is 2.22 bits per heavy atom. The number of benzene rings is 2. The Labute approximate surface area is 160 Å². The lowest BCUT2D eigenvalue weighted by atomic mass is 10.0. The molecule has 1 fully saturated rings. The first kappa shape index (κ1) is 18.9. The zero-order valence-electron chi connectivity index (χ0n) is 16.2. The van der Waals surface area contributed by atoms with Crippen molar-refractivity contribution in [1.82, 2.24) is 4.90 Å². The fourth-order valence-electron chi connectivity index (χ4n) is 3.49. The minimum absolute atomic E-state index is 0.0904. The monoisotopic (exact) mass is 370 g/mol. The lowest BCUT2D eigenvalue weighted by Crippen LogP contribution is -2.34. The minimum atomic E-state index is -0.132. The molecule has 2 aromatic rings. The average molecular weight is 370 g/mol. The van der Waals surface area contributed by atoms with E-state index in [2.05, 4.69) is 36.5 Å². The summed E-state index contributed by atoms with van der Waals surface area (Å²) in [6, 6.07) is 11.8. The first-order chi connectivity index (χ1) is 13.1. The number of aryl methyl sites for hydroxylation is 1. The van der Waals surface area contributed by atoms with Gasteiger partial charge < -0.3 is 24.4 Å². The number of carbonyl (C=O) groups excluding carboxylic acids is 1. The molecule has 2 amide bonds. The molecule has 0 spiro atoms. The van der Waals surface area contributed by atoms with Gasteiger partial charge in [-0.1, -0.05) is 29.8 Å². The van der Waals surface area contributed by atoms with Crippen molar-refractivity contribution >= 4 is 11.7 Å². The summed E-state index contributed by atoms with van der Waals surface area (Å²) in [6.45, 7) is 2.79. The van der Waals surface area contributed by atoms with E-state index in [1.54, 1.807) is 33.5 Å². The molecular formula is C21H26N2O4. The summed E-state index contributed by atoms with van der Waals surface area (Å²) < 4.78 is 16.0. The third kappa shape index (κ3) is 3.94. The summed E-state index contributed by atoms with van der Waals surface area (Å²) in [5.41, 5.74) is 2.98. The van der Waals surface area contributed by atoms with Gasteiger partial charge in [-0.3, -0.25) is 0 Å². The SMILES string of the molecule is COc1cc(NC(=O)N2CCCC2c2ccc(C)cc2)cc(OC)c1OC. The predicted octanol–water partition coefficient (Wildman–Crippen LogP) is 4.39. The highest BCUT2D eigenvalue weighted by molar-refractivity contribution is 5.90. The van der Waals surface area contributed by atoms with Gasteiger partial charge in [0, 0.05) is 18.7 Å². The molecule has 0 saturated carbocycles.